The maximum absolute atomic E-state index is 11.3. The van der Waals surface area contributed by atoms with Gasteiger partial charge in [0.25, 0.3) is 0 Å². The molecule has 1 aliphatic rings. The Morgan fingerprint density at radius 1 is 1.57 bits per heavy atom. The van der Waals surface area contributed by atoms with E-state index in [0.29, 0.717) is 0 Å². The van der Waals surface area contributed by atoms with E-state index in [1.165, 1.54) is 6.42 Å². The lowest BCUT2D eigenvalue weighted by atomic mass is 10.0. The number of hydrazine groups is 1. The lowest BCUT2D eigenvalue weighted by Crippen LogP contribution is -2.45. The summed E-state index contributed by atoms with van der Waals surface area (Å²) in [6, 6.07) is 0.281. The number of carbonyl (C=O) groups excluding carboxylic acids is 1. The van der Waals surface area contributed by atoms with Crippen LogP contribution in [0.15, 0.2) is 0 Å². The predicted molar refractivity (Wildman–Crippen MR) is 56.3 cm³/mol. The van der Waals surface area contributed by atoms with Gasteiger partial charge in [-0.1, -0.05) is 13.8 Å². The van der Waals surface area contributed by atoms with E-state index in [0.717, 1.165) is 19.0 Å². The Kier molecular flexibility index (Phi) is 3.89. The van der Waals surface area contributed by atoms with Crippen LogP contribution >= 0.6 is 0 Å². The van der Waals surface area contributed by atoms with E-state index in [9.17, 15) is 4.79 Å². The molecule has 4 heteroatoms. The van der Waals surface area contributed by atoms with E-state index in [2.05, 4.69) is 24.2 Å². The molecule has 0 aromatic heterocycles. The molecule has 3 N–H and O–H groups in total. The Bertz CT molecular complexity index is 208. The highest BCUT2D eigenvalue weighted by molar-refractivity contribution is 5.78. The fourth-order valence-electron chi connectivity index (χ4n) is 2.01. The maximum atomic E-state index is 11.3. The van der Waals surface area contributed by atoms with Gasteiger partial charge in [-0.05, 0) is 25.8 Å². The molecule has 1 heterocycles. The van der Waals surface area contributed by atoms with E-state index in [1.807, 2.05) is 6.92 Å². The molecule has 0 aromatic carbocycles. The van der Waals surface area contributed by atoms with Gasteiger partial charge >= 0.3 is 0 Å². The van der Waals surface area contributed by atoms with Gasteiger partial charge in [-0.25, -0.2) is 5.84 Å². The van der Waals surface area contributed by atoms with Crippen LogP contribution in [0.1, 0.15) is 27.2 Å². The second kappa shape index (κ2) is 4.75. The van der Waals surface area contributed by atoms with Gasteiger partial charge in [0.05, 0.1) is 5.92 Å². The quantitative estimate of drug-likeness (QED) is 0.391. The van der Waals surface area contributed by atoms with Gasteiger partial charge in [-0.2, -0.15) is 0 Å². The second-order valence-corrected chi connectivity index (χ2v) is 4.43. The molecule has 1 fully saturated rings. The van der Waals surface area contributed by atoms with Crippen molar-refractivity contribution in [3.63, 3.8) is 0 Å². The lowest BCUT2D eigenvalue weighted by molar-refractivity contribution is -0.126. The van der Waals surface area contributed by atoms with Gasteiger partial charge in [0.2, 0.25) is 5.91 Å². The van der Waals surface area contributed by atoms with Gasteiger partial charge in [0, 0.05) is 12.6 Å². The Labute approximate surface area is 85.8 Å². The summed E-state index contributed by atoms with van der Waals surface area (Å²) in [7, 11) is 0. The first-order chi connectivity index (χ1) is 6.56. The first-order valence-electron chi connectivity index (χ1n) is 5.30. The molecule has 4 nitrogen and oxygen atoms in total. The van der Waals surface area contributed by atoms with Gasteiger partial charge in [-0.3, -0.25) is 15.1 Å². The molecule has 0 saturated carbocycles. The summed E-state index contributed by atoms with van der Waals surface area (Å²) >= 11 is 0. The summed E-state index contributed by atoms with van der Waals surface area (Å²) in [5, 5.41) is 0. The topological polar surface area (TPSA) is 58.4 Å². The number of hydrogen-bond donors (Lipinski definition) is 2. The Morgan fingerprint density at radius 2 is 2.21 bits per heavy atom. The first kappa shape index (κ1) is 11.5. The average Bonchev–Trinajstić information content (AvgIpc) is 2.61. The van der Waals surface area contributed by atoms with Crippen molar-refractivity contribution < 1.29 is 4.79 Å². The van der Waals surface area contributed by atoms with Crippen LogP contribution in [0.5, 0.6) is 0 Å². The fourth-order valence-corrected chi connectivity index (χ4v) is 2.01. The molecular formula is C10H21N3O. The molecule has 3 atom stereocenters. The molecule has 0 bridgehead atoms. The van der Waals surface area contributed by atoms with Crippen molar-refractivity contribution in [1.29, 1.82) is 0 Å². The minimum Gasteiger partial charge on any atom is -0.300 e. The second-order valence-electron chi connectivity index (χ2n) is 4.43. The normalized spacial score (nSPS) is 27.3. The van der Waals surface area contributed by atoms with Crippen molar-refractivity contribution in [2.45, 2.75) is 33.2 Å². The summed E-state index contributed by atoms with van der Waals surface area (Å²) in [6.45, 7) is 8.47. The van der Waals surface area contributed by atoms with Crippen molar-refractivity contribution >= 4 is 5.91 Å². The Morgan fingerprint density at radius 3 is 2.64 bits per heavy atom. The van der Waals surface area contributed by atoms with Crippen LogP contribution in [-0.4, -0.2) is 29.9 Å². The Balaban J connectivity index is 2.48. The zero-order chi connectivity index (χ0) is 10.7. The monoisotopic (exact) mass is 199 g/mol. The third kappa shape index (κ3) is 2.45. The molecule has 82 valence electrons. The van der Waals surface area contributed by atoms with Crippen LogP contribution in [0, 0.1) is 11.8 Å². The maximum Gasteiger partial charge on any atom is 0.238 e. The van der Waals surface area contributed by atoms with Crippen LogP contribution in [0.25, 0.3) is 0 Å². The molecule has 1 aliphatic heterocycles. The minimum absolute atomic E-state index is 0.0368. The largest absolute Gasteiger partial charge is 0.300 e. The summed E-state index contributed by atoms with van der Waals surface area (Å²) in [5.41, 5.74) is 2.21. The predicted octanol–water partition coefficient (Wildman–Crippen LogP) is 0.343. The van der Waals surface area contributed by atoms with Crippen molar-refractivity contribution in [3.8, 4) is 0 Å². The summed E-state index contributed by atoms with van der Waals surface area (Å²) in [6.07, 6.45) is 1.24. The van der Waals surface area contributed by atoms with Crippen LogP contribution in [-0.2, 0) is 4.79 Å². The van der Waals surface area contributed by atoms with Crippen molar-refractivity contribution in [1.82, 2.24) is 10.3 Å². The fraction of sp³-hybridized carbons (Fsp3) is 0.900. The third-order valence-corrected chi connectivity index (χ3v) is 3.31. The van der Waals surface area contributed by atoms with E-state index in [1.54, 1.807) is 0 Å². The van der Waals surface area contributed by atoms with Gasteiger partial charge in [0.15, 0.2) is 0 Å². The summed E-state index contributed by atoms with van der Waals surface area (Å²) < 4.78 is 0. The molecule has 1 saturated heterocycles. The molecule has 1 amide bonds. The molecule has 14 heavy (non-hydrogen) atoms. The van der Waals surface area contributed by atoms with E-state index < -0.39 is 0 Å². The molecule has 0 radical (unpaired) electrons. The number of nitrogens with zero attached hydrogens (tertiary/aromatic N) is 1. The molecule has 0 aliphatic carbocycles. The molecule has 0 spiro atoms. The number of hydrogen-bond acceptors (Lipinski definition) is 3. The van der Waals surface area contributed by atoms with E-state index >= 15 is 0 Å². The molecule has 3 unspecified atom stereocenters. The Hall–Kier alpha value is -0.610. The number of nitrogens with one attached hydrogen (secondary N) is 1. The summed E-state index contributed by atoms with van der Waals surface area (Å²) in [4.78, 5) is 13.7. The zero-order valence-electron chi connectivity index (χ0n) is 9.29. The van der Waals surface area contributed by atoms with Crippen LogP contribution in [0.3, 0.4) is 0 Å². The number of amides is 1. The lowest BCUT2D eigenvalue weighted by Gasteiger charge is -2.28. The molecule has 0 aromatic rings. The smallest absolute Gasteiger partial charge is 0.238 e. The standard InChI is InChI=1S/C10H21N3O/c1-7-4-5-13(6-7)9(3)8(2)10(14)12-11/h7-9H,4-6,11H2,1-3H3,(H,12,14). The summed E-state index contributed by atoms with van der Waals surface area (Å²) in [5.74, 6) is 5.76. The number of rotatable bonds is 3. The molecular weight excluding hydrogens is 178 g/mol. The highest BCUT2D eigenvalue weighted by Gasteiger charge is 2.29. The van der Waals surface area contributed by atoms with Crippen molar-refractivity contribution in [2.24, 2.45) is 17.7 Å². The van der Waals surface area contributed by atoms with E-state index in [4.69, 9.17) is 5.84 Å². The molecule has 1 rings (SSSR count). The van der Waals surface area contributed by atoms with Gasteiger partial charge in [0.1, 0.15) is 0 Å². The van der Waals surface area contributed by atoms with Crippen LogP contribution in [0.4, 0.5) is 0 Å². The van der Waals surface area contributed by atoms with Crippen LogP contribution in [0.2, 0.25) is 0 Å². The number of carbonyl (C=O) groups is 1. The highest BCUT2D eigenvalue weighted by Crippen LogP contribution is 2.21. The van der Waals surface area contributed by atoms with Crippen LogP contribution < -0.4 is 11.3 Å². The highest BCUT2D eigenvalue weighted by atomic mass is 16.2. The first-order valence-corrected chi connectivity index (χ1v) is 5.30. The third-order valence-electron chi connectivity index (χ3n) is 3.31. The van der Waals surface area contributed by atoms with Crippen molar-refractivity contribution in [3.05, 3.63) is 0 Å². The van der Waals surface area contributed by atoms with Gasteiger partial charge in [-0.15, -0.1) is 0 Å². The zero-order valence-corrected chi connectivity index (χ0v) is 9.29. The number of likely N-dealkylation sites (tertiary alicyclic amines) is 1. The minimum atomic E-state index is -0.0722. The van der Waals surface area contributed by atoms with Crippen molar-refractivity contribution in [2.75, 3.05) is 13.1 Å². The SMILES string of the molecule is CC1CCN(C(C)C(C)C(=O)NN)C1. The number of nitrogens with two attached hydrogens (primary N) is 1. The van der Waals surface area contributed by atoms with E-state index in [-0.39, 0.29) is 17.9 Å². The average molecular weight is 199 g/mol. The van der Waals surface area contributed by atoms with Gasteiger partial charge < -0.3 is 0 Å².